The molecule has 2 saturated carbocycles. The standard InChI is InChI=1S/C14H24N2O3/c15-12-7-2-1-6-11(12)13(17)16-10-5-3-4-9(8-10)14(18)19/h9-12H,1-8,15H2,(H,16,17)(H,18,19). The highest BCUT2D eigenvalue weighted by Gasteiger charge is 2.32. The van der Waals surface area contributed by atoms with E-state index in [1.807, 2.05) is 0 Å². The van der Waals surface area contributed by atoms with Crippen molar-refractivity contribution in [2.45, 2.75) is 63.5 Å². The van der Waals surface area contributed by atoms with Crippen molar-refractivity contribution in [1.82, 2.24) is 5.32 Å². The number of carbonyl (C=O) groups is 2. The minimum atomic E-state index is -0.742. The van der Waals surface area contributed by atoms with Crippen LogP contribution in [0.5, 0.6) is 0 Å². The van der Waals surface area contributed by atoms with Gasteiger partial charge in [0.15, 0.2) is 0 Å². The van der Waals surface area contributed by atoms with Gasteiger partial charge in [-0.15, -0.1) is 0 Å². The van der Waals surface area contributed by atoms with Crippen molar-refractivity contribution in [3.63, 3.8) is 0 Å². The van der Waals surface area contributed by atoms with Gasteiger partial charge in [-0.2, -0.15) is 0 Å². The lowest BCUT2D eigenvalue weighted by Crippen LogP contribution is -2.48. The Labute approximate surface area is 113 Å². The highest BCUT2D eigenvalue weighted by molar-refractivity contribution is 5.80. The molecule has 2 fully saturated rings. The fourth-order valence-corrected chi connectivity index (χ4v) is 3.34. The molecule has 4 atom stereocenters. The second-order valence-electron chi connectivity index (χ2n) is 5.96. The van der Waals surface area contributed by atoms with E-state index in [2.05, 4.69) is 5.32 Å². The molecule has 0 aromatic heterocycles. The van der Waals surface area contributed by atoms with E-state index in [4.69, 9.17) is 10.8 Å². The van der Waals surface area contributed by atoms with Crippen molar-refractivity contribution < 1.29 is 14.7 Å². The summed E-state index contributed by atoms with van der Waals surface area (Å²) in [5.41, 5.74) is 6.01. The lowest BCUT2D eigenvalue weighted by Gasteiger charge is -2.32. The number of rotatable bonds is 3. The third-order valence-corrected chi connectivity index (χ3v) is 4.53. The maximum Gasteiger partial charge on any atom is 0.306 e. The molecule has 4 N–H and O–H groups in total. The second kappa shape index (κ2) is 6.37. The van der Waals surface area contributed by atoms with E-state index in [-0.39, 0.29) is 29.8 Å². The predicted molar refractivity (Wildman–Crippen MR) is 71.5 cm³/mol. The minimum Gasteiger partial charge on any atom is -0.481 e. The van der Waals surface area contributed by atoms with Crippen LogP contribution in [0, 0.1) is 11.8 Å². The minimum absolute atomic E-state index is 0.0106. The number of aliphatic carboxylic acids is 1. The number of carboxylic acid groups (broad SMARTS) is 1. The number of carboxylic acids is 1. The van der Waals surface area contributed by atoms with Gasteiger partial charge in [0, 0.05) is 12.1 Å². The monoisotopic (exact) mass is 268 g/mol. The molecule has 0 heterocycles. The average Bonchev–Trinajstić information content (AvgIpc) is 2.39. The van der Waals surface area contributed by atoms with Crippen LogP contribution in [0.15, 0.2) is 0 Å². The van der Waals surface area contributed by atoms with Gasteiger partial charge in [0.1, 0.15) is 0 Å². The van der Waals surface area contributed by atoms with Crippen molar-refractivity contribution in [3.05, 3.63) is 0 Å². The maximum absolute atomic E-state index is 12.2. The fraction of sp³-hybridized carbons (Fsp3) is 0.857. The summed E-state index contributed by atoms with van der Waals surface area (Å²) in [7, 11) is 0. The summed E-state index contributed by atoms with van der Waals surface area (Å²) in [4.78, 5) is 23.2. The summed E-state index contributed by atoms with van der Waals surface area (Å²) in [6.45, 7) is 0. The van der Waals surface area contributed by atoms with Crippen LogP contribution in [-0.2, 0) is 9.59 Å². The van der Waals surface area contributed by atoms with Crippen molar-refractivity contribution in [2.24, 2.45) is 17.6 Å². The molecular formula is C14H24N2O3. The van der Waals surface area contributed by atoms with Crippen molar-refractivity contribution in [3.8, 4) is 0 Å². The Morgan fingerprint density at radius 1 is 1.05 bits per heavy atom. The molecule has 1 amide bonds. The number of hydrogen-bond donors (Lipinski definition) is 3. The molecule has 2 aliphatic rings. The van der Waals surface area contributed by atoms with Gasteiger partial charge in [-0.1, -0.05) is 19.3 Å². The van der Waals surface area contributed by atoms with Gasteiger partial charge in [0.05, 0.1) is 11.8 Å². The normalized spacial score (nSPS) is 35.6. The predicted octanol–water partition coefficient (Wildman–Crippen LogP) is 1.26. The number of nitrogens with two attached hydrogens (primary N) is 1. The Balaban J connectivity index is 1.86. The van der Waals surface area contributed by atoms with Gasteiger partial charge in [-0.25, -0.2) is 0 Å². The number of carbonyl (C=O) groups excluding carboxylic acids is 1. The average molecular weight is 268 g/mol. The molecule has 2 rings (SSSR count). The SMILES string of the molecule is NC1CCCCC1C(=O)NC1CCCC(C(=O)O)C1. The number of nitrogens with one attached hydrogen (secondary N) is 1. The van der Waals surface area contributed by atoms with Crippen molar-refractivity contribution in [1.29, 1.82) is 0 Å². The van der Waals surface area contributed by atoms with Crippen molar-refractivity contribution >= 4 is 11.9 Å². The van der Waals surface area contributed by atoms with Crippen molar-refractivity contribution in [2.75, 3.05) is 0 Å². The first kappa shape index (κ1) is 14.3. The van der Waals surface area contributed by atoms with Gasteiger partial charge in [0.2, 0.25) is 5.91 Å². The third-order valence-electron chi connectivity index (χ3n) is 4.53. The topological polar surface area (TPSA) is 92.4 Å². The van der Waals surface area contributed by atoms with E-state index in [0.717, 1.165) is 44.9 Å². The summed E-state index contributed by atoms with van der Waals surface area (Å²) < 4.78 is 0. The zero-order valence-corrected chi connectivity index (χ0v) is 11.3. The largest absolute Gasteiger partial charge is 0.481 e. The van der Waals surface area contributed by atoms with Crippen LogP contribution >= 0.6 is 0 Å². The molecule has 108 valence electrons. The molecule has 0 aliphatic heterocycles. The van der Waals surface area contributed by atoms with E-state index >= 15 is 0 Å². The molecule has 4 unspecified atom stereocenters. The Kier molecular flexibility index (Phi) is 4.80. The second-order valence-corrected chi connectivity index (χ2v) is 5.96. The summed E-state index contributed by atoms with van der Waals surface area (Å²) >= 11 is 0. The van der Waals surface area contributed by atoms with Gasteiger partial charge >= 0.3 is 5.97 Å². The molecule has 5 heteroatoms. The first-order valence-electron chi connectivity index (χ1n) is 7.36. The lowest BCUT2D eigenvalue weighted by atomic mass is 9.82. The van der Waals surface area contributed by atoms with E-state index < -0.39 is 5.97 Å². The summed E-state index contributed by atoms with van der Waals surface area (Å²) in [5.74, 6) is -1.10. The lowest BCUT2D eigenvalue weighted by molar-refractivity contribution is -0.143. The molecular weight excluding hydrogens is 244 g/mol. The molecule has 5 nitrogen and oxygen atoms in total. The molecule has 0 bridgehead atoms. The Hall–Kier alpha value is -1.10. The van der Waals surface area contributed by atoms with Gasteiger partial charge < -0.3 is 16.2 Å². The van der Waals surface area contributed by atoms with E-state index in [1.54, 1.807) is 0 Å². The molecule has 0 saturated heterocycles. The van der Waals surface area contributed by atoms with Crippen LogP contribution in [0.25, 0.3) is 0 Å². The first-order valence-corrected chi connectivity index (χ1v) is 7.36. The zero-order chi connectivity index (χ0) is 13.8. The molecule has 2 aliphatic carbocycles. The quantitative estimate of drug-likeness (QED) is 0.718. The van der Waals surface area contributed by atoms with Gasteiger partial charge in [-0.3, -0.25) is 9.59 Å². The highest BCUT2D eigenvalue weighted by Crippen LogP contribution is 2.27. The first-order chi connectivity index (χ1) is 9.08. The smallest absolute Gasteiger partial charge is 0.306 e. The molecule has 0 aromatic rings. The number of hydrogen-bond acceptors (Lipinski definition) is 3. The van der Waals surface area contributed by atoms with Crippen LogP contribution in [0.2, 0.25) is 0 Å². The Morgan fingerprint density at radius 3 is 2.47 bits per heavy atom. The molecule has 0 aromatic carbocycles. The maximum atomic E-state index is 12.2. The molecule has 19 heavy (non-hydrogen) atoms. The van der Waals surface area contributed by atoms with Gasteiger partial charge in [0.25, 0.3) is 0 Å². The fourth-order valence-electron chi connectivity index (χ4n) is 3.34. The van der Waals surface area contributed by atoms with Crippen LogP contribution in [0.1, 0.15) is 51.4 Å². The van der Waals surface area contributed by atoms with Crippen LogP contribution in [0.3, 0.4) is 0 Å². The number of amides is 1. The van der Waals surface area contributed by atoms with Crippen LogP contribution < -0.4 is 11.1 Å². The van der Waals surface area contributed by atoms with Crippen LogP contribution in [-0.4, -0.2) is 29.1 Å². The Morgan fingerprint density at radius 2 is 1.79 bits per heavy atom. The van der Waals surface area contributed by atoms with Gasteiger partial charge in [-0.05, 0) is 32.1 Å². The molecule has 0 spiro atoms. The summed E-state index contributed by atoms with van der Waals surface area (Å²) in [6, 6.07) is -0.0240. The van der Waals surface area contributed by atoms with E-state index in [1.165, 1.54) is 0 Å². The summed E-state index contributed by atoms with van der Waals surface area (Å²) in [6.07, 6.45) is 7.00. The third kappa shape index (κ3) is 3.69. The van der Waals surface area contributed by atoms with E-state index in [9.17, 15) is 9.59 Å². The van der Waals surface area contributed by atoms with E-state index in [0.29, 0.717) is 6.42 Å². The Bertz CT molecular complexity index is 346. The molecule has 0 radical (unpaired) electrons. The van der Waals surface area contributed by atoms with Crippen LogP contribution in [0.4, 0.5) is 0 Å². The zero-order valence-electron chi connectivity index (χ0n) is 11.3. The highest BCUT2D eigenvalue weighted by atomic mass is 16.4. The summed E-state index contributed by atoms with van der Waals surface area (Å²) in [5, 5.41) is 12.1.